The van der Waals surface area contributed by atoms with E-state index in [1.807, 2.05) is 19.9 Å². The summed E-state index contributed by atoms with van der Waals surface area (Å²) in [5, 5.41) is 12.7. The number of aryl methyl sites for hydroxylation is 1. The molecule has 0 radical (unpaired) electrons. The van der Waals surface area contributed by atoms with Gasteiger partial charge in [-0.25, -0.2) is 0 Å². The summed E-state index contributed by atoms with van der Waals surface area (Å²) in [6, 6.07) is 10.5. The molecule has 0 saturated heterocycles. The molecule has 27 heavy (non-hydrogen) atoms. The predicted octanol–water partition coefficient (Wildman–Crippen LogP) is 4.32. The fraction of sp³-hybridized carbons (Fsp3) is 0.200. The van der Waals surface area contributed by atoms with Crippen LogP contribution in [0.4, 0.5) is 5.69 Å². The summed E-state index contributed by atoms with van der Waals surface area (Å²) in [4.78, 5) is 12.6. The third-order valence-corrected chi connectivity index (χ3v) is 4.15. The maximum atomic E-state index is 12.6. The molecule has 138 valence electrons. The Balaban J connectivity index is 1.93. The van der Waals surface area contributed by atoms with E-state index in [0.717, 1.165) is 5.56 Å². The minimum Gasteiger partial charge on any atom is -0.493 e. The molecular weight excluding hydrogens is 368 g/mol. The molecule has 0 unspecified atom stereocenters. The van der Waals surface area contributed by atoms with Gasteiger partial charge in [0.25, 0.3) is 5.91 Å². The maximum Gasteiger partial charge on any atom is 0.266 e. The Morgan fingerprint density at radius 1 is 1.33 bits per heavy atom. The Morgan fingerprint density at radius 3 is 2.78 bits per heavy atom. The summed E-state index contributed by atoms with van der Waals surface area (Å²) in [7, 11) is 0. The van der Waals surface area contributed by atoms with Crippen molar-refractivity contribution in [2.24, 2.45) is 0 Å². The Hall–Kier alpha value is -3.17. The smallest absolute Gasteiger partial charge is 0.266 e. The molecule has 0 atom stereocenters. The molecule has 0 spiro atoms. The number of hydrogen-bond acceptors (Lipinski definition) is 5. The van der Waals surface area contributed by atoms with Crippen molar-refractivity contribution in [2.75, 3.05) is 18.7 Å². The molecule has 0 aromatic heterocycles. The van der Waals surface area contributed by atoms with Crippen LogP contribution in [0.3, 0.4) is 0 Å². The second-order valence-corrected chi connectivity index (χ2v) is 6.20. The molecule has 1 amide bonds. The number of halogens is 1. The van der Waals surface area contributed by atoms with E-state index in [0.29, 0.717) is 40.1 Å². The molecular formula is C20H17ClN2O4. The Kier molecular flexibility index (Phi) is 5.53. The van der Waals surface area contributed by atoms with E-state index < -0.39 is 5.91 Å². The van der Waals surface area contributed by atoms with E-state index in [9.17, 15) is 10.1 Å². The molecule has 0 bridgehead atoms. The lowest BCUT2D eigenvalue weighted by molar-refractivity contribution is -0.112. The van der Waals surface area contributed by atoms with E-state index in [1.54, 1.807) is 30.3 Å². The van der Waals surface area contributed by atoms with E-state index in [-0.39, 0.29) is 12.4 Å². The second kappa shape index (κ2) is 8.02. The van der Waals surface area contributed by atoms with Crippen LogP contribution in [0, 0.1) is 18.3 Å². The van der Waals surface area contributed by atoms with Crippen LogP contribution < -0.4 is 19.5 Å². The molecule has 3 rings (SSSR count). The average Bonchev–Trinajstić information content (AvgIpc) is 3.10. The number of nitrogens with one attached hydrogen (secondary N) is 1. The van der Waals surface area contributed by atoms with Gasteiger partial charge in [0.15, 0.2) is 11.5 Å². The zero-order chi connectivity index (χ0) is 19.4. The van der Waals surface area contributed by atoms with E-state index in [1.165, 1.54) is 6.08 Å². The molecule has 2 aromatic carbocycles. The van der Waals surface area contributed by atoms with Crippen LogP contribution in [0.25, 0.3) is 6.08 Å². The molecule has 1 heterocycles. The summed E-state index contributed by atoms with van der Waals surface area (Å²) in [5.74, 6) is 1.06. The Bertz CT molecular complexity index is 963. The van der Waals surface area contributed by atoms with Crippen molar-refractivity contribution in [1.82, 2.24) is 0 Å². The number of fused-ring (bicyclic) bond motifs is 1. The molecule has 1 aliphatic rings. The largest absolute Gasteiger partial charge is 0.493 e. The number of nitrogens with zero attached hydrogens (tertiary/aromatic N) is 1. The van der Waals surface area contributed by atoms with Gasteiger partial charge >= 0.3 is 0 Å². The third kappa shape index (κ3) is 4.15. The van der Waals surface area contributed by atoms with Gasteiger partial charge in [0.2, 0.25) is 6.79 Å². The van der Waals surface area contributed by atoms with Crippen LogP contribution in [0.2, 0.25) is 5.02 Å². The third-order valence-electron chi connectivity index (χ3n) is 3.92. The number of carbonyl (C=O) groups excluding carboxylic acids is 1. The summed E-state index contributed by atoms with van der Waals surface area (Å²) in [5.41, 5.74) is 1.86. The fourth-order valence-electron chi connectivity index (χ4n) is 2.55. The zero-order valence-electron chi connectivity index (χ0n) is 14.8. The van der Waals surface area contributed by atoms with Gasteiger partial charge in [-0.2, -0.15) is 5.26 Å². The van der Waals surface area contributed by atoms with Gasteiger partial charge in [0.1, 0.15) is 17.4 Å². The van der Waals surface area contributed by atoms with Crippen LogP contribution >= 0.6 is 11.6 Å². The van der Waals surface area contributed by atoms with Crippen molar-refractivity contribution in [2.45, 2.75) is 13.8 Å². The number of rotatable bonds is 5. The van der Waals surface area contributed by atoms with Crippen molar-refractivity contribution >= 4 is 29.3 Å². The van der Waals surface area contributed by atoms with Gasteiger partial charge < -0.3 is 19.5 Å². The van der Waals surface area contributed by atoms with Gasteiger partial charge in [0.05, 0.1) is 6.61 Å². The number of hydrogen-bond donors (Lipinski definition) is 1. The van der Waals surface area contributed by atoms with Gasteiger partial charge in [0, 0.05) is 22.3 Å². The van der Waals surface area contributed by atoms with Gasteiger partial charge in [-0.15, -0.1) is 0 Å². The molecule has 2 aromatic rings. The summed E-state index contributed by atoms with van der Waals surface area (Å²) in [6.07, 6.45) is 1.46. The monoisotopic (exact) mass is 384 g/mol. The second-order valence-electron chi connectivity index (χ2n) is 5.76. The lowest BCUT2D eigenvalue weighted by Gasteiger charge is -2.10. The number of nitriles is 1. The molecule has 0 aliphatic carbocycles. The first-order chi connectivity index (χ1) is 13.0. The van der Waals surface area contributed by atoms with E-state index >= 15 is 0 Å². The normalized spacial score (nSPS) is 12.4. The minimum absolute atomic E-state index is 0.0748. The van der Waals surface area contributed by atoms with Crippen LogP contribution in [0.5, 0.6) is 17.2 Å². The highest BCUT2D eigenvalue weighted by molar-refractivity contribution is 6.31. The van der Waals surface area contributed by atoms with Gasteiger partial charge in [-0.1, -0.05) is 17.7 Å². The van der Waals surface area contributed by atoms with Crippen molar-refractivity contribution in [3.8, 4) is 23.3 Å². The fourth-order valence-corrected chi connectivity index (χ4v) is 2.73. The quantitative estimate of drug-likeness (QED) is 0.613. The number of benzene rings is 2. The highest BCUT2D eigenvalue weighted by atomic mass is 35.5. The van der Waals surface area contributed by atoms with Crippen LogP contribution in [-0.4, -0.2) is 19.3 Å². The number of amides is 1. The Morgan fingerprint density at radius 2 is 2.07 bits per heavy atom. The highest BCUT2D eigenvalue weighted by Crippen LogP contribution is 2.39. The number of ether oxygens (including phenoxy) is 3. The number of carbonyl (C=O) groups is 1. The topological polar surface area (TPSA) is 80.6 Å². The van der Waals surface area contributed by atoms with E-state index in [4.69, 9.17) is 25.8 Å². The molecule has 1 aliphatic heterocycles. The molecule has 0 fully saturated rings. The summed E-state index contributed by atoms with van der Waals surface area (Å²) in [6.45, 7) is 4.23. The first-order valence-corrected chi connectivity index (χ1v) is 8.65. The van der Waals surface area contributed by atoms with Gasteiger partial charge in [-0.3, -0.25) is 4.79 Å². The van der Waals surface area contributed by atoms with Crippen molar-refractivity contribution in [1.29, 1.82) is 5.26 Å². The number of anilines is 1. The SMILES string of the molecule is CCOc1cc2c(cc1/C=C(\C#N)C(=O)Nc1cc(Cl)ccc1C)OCO2. The predicted molar refractivity (Wildman–Crippen MR) is 102 cm³/mol. The molecule has 1 N–H and O–H groups in total. The molecule has 7 heteroatoms. The maximum absolute atomic E-state index is 12.6. The van der Waals surface area contributed by atoms with E-state index in [2.05, 4.69) is 5.32 Å². The van der Waals surface area contributed by atoms with Crippen LogP contribution in [0.1, 0.15) is 18.1 Å². The lowest BCUT2D eigenvalue weighted by atomic mass is 10.1. The van der Waals surface area contributed by atoms with Crippen LogP contribution in [-0.2, 0) is 4.79 Å². The zero-order valence-corrected chi connectivity index (χ0v) is 15.6. The summed E-state index contributed by atoms with van der Waals surface area (Å²) >= 11 is 5.98. The van der Waals surface area contributed by atoms with Crippen molar-refractivity contribution in [3.05, 3.63) is 52.1 Å². The molecule has 0 saturated carbocycles. The standard InChI is InChI=1S/C20H17ClN2O4/c1-3-25-17-9-19-18(26-11-27-19)7-13(17)6-14(10-22)20(24)23-16-8-15(21)5-4-12(16)2/h4-9H,3,11H2,1-2H3,(H,23,24)/b14-6+. The summed E-state index contributed by atoms with van der Waals surface area (Å²) < 4.78 is 16.3. The first kappa shape index (κ1) is 18.6. The van der Waals surface area contributed by atoms with Gasteiger partial charge in [-0.05, 0) is 43.7 Å². The lowest BCUT2D eigenvalue weighted by Crippen LogP contribution is -2.14. The van der Waals surface area contributed by atoms with Crippen molar-refractivity contribution < 1.29 is 19.0 Å². The minimum atomic E-state index is -0.539. The van der Waals surface area contributed by atoms with Crippen LogP contribution in [0.15, 0.2) is 35.9 Å². The Labute approximate surface area is 161 Å². The molecule has 6 nitrogen and oxygen atoms in total. The van der Waals surface area contributed by atoms with Crippen molar-refractivity contribution in [3.63, 3.8) is 0 Å². The highest BCUT2D eigenvalue weighted by Gasteiger charge is 2.19. The average molecular weight is 385 g/mol. The first-order valence-electron chi connectivity index (χ1n) is 8.27.